The van der Waals surface area contributed by atoms with Crippen LogP contribution in [0.5, 0.6) is 11.5 Å². The fourth-order valence-corrected chi connectivity index (χ4v) is 2.95. The van der Waals surface area contributed by atoms with Gasteiger partial charge in [-0.15, -0.1) is 0 Å². The van der Waals surface area contributed by atoms with Crippen molar-refractivity contribution in [3.8, 4) is 11.5 Å². The number of carbonyl (C=O) groups excluding carboxylic acids is 2. The van der Waals surface area contributed by atoms with Gasteiger partial charge in [-0.05, 0) is 12.1 Å². The fraction of sp³-hybridized carbons (Fsp3) is 0.250. The van der Waals surface area contributed by atoms with E-state index in [0.717, 1.165) is 0 Å². The Labute approximate surface area is 176 Å². The summed E-state index contributed by atoms with van der Waals surface area (Å²) < 4.78 is 28.6. The molecule has 1 atom stereocenters. The van der Waals surface area contributed by atoms with E-state index in [4.69, 9.17) is 30.6 Å². The standard InChI is InChI=1S/C20H18ClFN2O6/c1-27-16-9-15(17(28-2)7-13(16)21)23-19(25)10-29-20(26)18-8-14(24-30-18)11-4-3-5-12(22)6-11/h3-7,9,18H,8,10H2,1-2H3,(H,23,25). The normalized spacial score (nSPS) is 15.1. The zero-order valence-electron chi connectivity index (χ0n) is 16.1. The van der Waals surface area contributed by atoms with E-state index in [2.05, 4.69) is 10.5 Å². The molecule has 0 saturated carbocycles. The van der Waals surface area contributed by atoms with Gasteiger partial charge < -0.3 is 24.4 Å². The monoisotopic (exact) mass is 436 g/mol. The van der Waals surface area contributed by atoms with Crippen molar-refractivity contribution in [3.63, 3.8) is 0 Å². The number of hydrogen-bond acceptors (Lipinski definition) is 7. The average molecular weight is 437 g/mol. The summed E-state index contributed by atoms with van der Waals surface area (Å²) in [6, 6.07) is 8.75. The van der Waals surface area contributed by atoms with Crippen LogP contribution in [0.4, 0.5) is 10.1 Å². The lowest BCUT2D eigenvalue weighted by atomic mass is 10.1. The van der Waals surface area contributed by atoms with Gasteiger partial charge in [0.05, 0.1) is 30.6 Å². The minimum absolute atomic E-state index is 0.103. The Hall–Kier alpha value is -3.33. The number of anilines is 1. The van der Waals surface area contributed by atoms with Gasteiger partial charge in [0.15, 0.2) is 6.61 Å². The number of benzene rings is 2. The molecule has 0 saturated heterocycles. The maximum absolute atomic E-state index is 13.3. The van der Waals surface area contributed by atoms with Crippen molar-refractivity contribution >= 4 is 34.9 Å². The Morgan fingerprint density at radius 3 is 2.70 bits per heavy atom. The van der Waals surface area contributed by atoms with E-state index in [1.165, 1.54) is 44.6 Å². The number of rotatable bonds is 7. The van der Waals surface area contributed by atoms with Crippen molar-refractivity contribution in [3.05, 3.63) is 52.8 Å². The van der Waals surface area contributed by atoms with Crippen LogP contribution in [0.3, 0.4) is 0 Å². The summed E-state index contributed by atoms with van der Waals surface area (Å²) in [7, 11) is 2.85. The average Bonchev–Trinajstić information content (AvgIpc) is 3.23. The molecule has 0 bridgehead atoms. The molecule has 1 N–H and O–H groups in total. The van der Waals surface area contributed by atoms with E-state index < -0.39 is 30.4 Å². The van der Waals surface area contributed by atoms with Gasteiger partial charge in [0.1, 0.15) is 17.3 Å². The van der Waals surface area contributed by atoms with Crippen LogP contribution in [0.2, 0.25) is 5.02 Å². The van der Waals surface area contributed by atoms with Crippen LogP contribution in [-0.2, 0) is 19.2 Å². The van der Waals surface area contributed by atoms with E-state index >= 15 is 0 Å². The van der Waals surface area contributed by atoms with Crippen molar-refractivity contribution in [2.75, 3.05) is 26.1 Å². The number of nitrogens with one attached hydrogen (secondary N) is 1. The highest BCUT2D eigenvalue weighted by molar-refractivity contribution is 6.32. The van der Waals surface area contributed by atoms with E-state index in [-0.39, 0.29) is 6.42 Å². The second kappa shape index (κ2) is 9.45. The molecule has 2 aromatic carbocycles. The number of hydrogen-bond donors (Lipinski definition) is 1. The number of nitrogens with zero attached hydrogens (tertiary/aromatic N) is 1. The van der Waals surface area contributed by atoms with Gasteiger partial charge in [0.2, 0.25) is 6.10 Å². The lowest BCUT2D eigenvalue weighted by Gasteiger charge is -2.13. The number of halogens is 2. The summed E-state index contributed by atoms with van der Waals surface area (Å²) in [5.74, 6) is -1.14. The highest BCUT2D eigenvalue weighted by Gasteiger charge is 2.31. The molecule has 1 unspecified atom stereocenters. The number of carbonyl (C=O) groups is 2. The number of oxime groups is 1. The Bertz CT molecular complexity index is 997. The first-order valence-corrected chi connectivity index (χ1v) is 9.15. The van der Waals surface area contributed by atoms with Gasteiger partial charge in [0.25, 0.3) is 5.91 Å². The van der Waals surface area contributed by atoms with Crippen LogP contribution >= 0.6 is 11.6 Å². The van der Waals surface area contributed by atoms with Crippen molar-refractivity contribution in [1.29, 1.82) is 0 Å². The van der Waals surface area contributed by atoms with E-state index in [9.17, 15) is 14.0 Å². The first-order valence-electron chi connectivity index (χ1n) is 8.78. The largest absolute Gasteiger partial charge is 0.495 e. The highest BCUT2D eigenvalue weighted by Crippen LogP contribution is 2.35. The highest BCUT2D eigenvalue weighted by atomic mass is 35.5. The summed E-state index contributed by atoms with van der Waals surface area (Å²) >= 11 is 6.02. The van der Waals surface area contributed by atoms with Crippen LogP contribution in [0.15, 0.2) is 41.6 Å². The SMILES string of the molecule is COc1cc(NC(=O)COC(=O)C2CC(c3cccc(F)c3)=NO2)c(OC)cc1Cl. The maximum atomic E-state index is 13.3. The molecule has 3 rings (SSSR count). The molecule has 1 aliphatic heterocycles. The first kappa shape index (κ1) is 21.4. The molecule has 2 aromatic rings. The third-order valence-corrected chi connectivity index (χ3v) is 4.48. The molecular weight excluding hydrogens is 419 g/mol. The molecule has 0 aromatic heterocycles. The van der Waals surface area contributed by atoms with Gasteiger partial charge in [-0.3, -0.25) is 4.79 Å². The molecule has 1 heterocycles. The van der Waals surface area contributed by atoms with Crippen LogP contribution in [-0.4, -0.2) is 44.5 Å². The number of ether oxygens (including phenoxy) is 3. The quantitative estimate of drug-likeness (QED) is 0.670. The number of esters is 1. The fourth-order valence-electron chi connectivity index (χ4n) is 2.72. The smallest absolute Gasteiger partial charge is 0.351 e. The summed E-state index contributed by atoms with van der Waals surface area (Å²) in [5, 5.41) is 6.67. The second-order valence-electron chi connectivity index (χ2n) is 6.19. The lowest BCUT2D eigenvalue weighted by molar-refractivity contribution is -0.157. The summed E-state index contributed by atoms with van der Waals surface area (Å²) in [4.78, 5) is 29.4. The predicted molar refractivity (Wildman–Crippen MR) is 107 cm³/mol. The molecular formula is C20H18ClFN2O6. The number of methoxy groups -OCH3 is 2. The molecule has 0 radical (unpaired) electrons. The van der Waals surface area contributed by atoms with Gasteiger partial charge in [0, 0.05) is 24.1 Å². The topological polar surface area (TPSA) is 95.5 Å². The molecule has 0 aliphatic carbocycles. The van der Waals surface area contributed by atoms with Crippen molar-refractivity contribution in [1.82, 2.24) is 0 Å². The first-order chi connectivity index (χ1) is 14.4. The molecule has 1 aliphatic rings. The third kappa shape index (κ3) is 4.98. The third-order valence-electron chi connectivity index (χ3n) is 4.18. The maximum Gasteiger partial charge on any atom is 0.351 e. The van der Waals surface area contributed by atoms with Crippen molar-refractivity contribution < 1.29 is 33.0 Å². The van der Waals surface area contributed by atoms with Crippen molar-refractivity contribution in [2.24, 2.45) is 5.16 Å². The zero-order valence-corrected chi connectivity index (χ0v) is 16.9. The molecule has 10 heteroatoms. The molecule has 0 spiro atoms. The minimum atomic E-state index is -1.01. The van der Waals surface area contributed by atoms with Crippen LogP contribution in [0, 0.1) is 5.82 Å². The van der Waals surface area contributed by atoms with Gasteiger partial charge in [-0.2, -0.15) is 0 Å². The Kier molecular flexibility index (Phi) is 6.73. The van der Waals surface area contributed by atoms with Gasteiger partial charge >= 0.3 is 5.97 Å². The van der Waals surface area contributed by atoms with Crippen LogP contribution in [0.25, 0.3) is 0 Å². The lowest BCUT2D eigenvalue weighted by Crippen LogP contribution is -2.28. The van der Waals surface area contributed by atoms with Crippen LogP contribution in [0.1, 0.15) is 12.0 Å². The van der Waals surface area contributed by atoms with E-state index in [1.54, 1.807) is 6.07 Å². The van der Waals surface area contributed by atoms with E-state index in [0.29, 0.717) is 33.5 Å². The molecule has 8 nitrogen and oxygen atoms in total. The minimum Gasteiger partial charge on any atom is -0.495 e. The van der Waals surface area contributed by atoms with Crippen LogP contribution < -0.4 is 14.8 Å². The second-order valence-corrected chi connectivity index (χ2v) is 6.60. The summed E-state index contributed by atoms with van der Waals surface area (Å²) in [5.41, 5.74) is 1.22. The summed E-state index contributed by atoms with van der Waals surface area (Å²) in [6.07, 6.45) is -0.909. The zero-order chi connectivity index (χ0) is 21.7. The molecule has 1 amide bonds. The van der Waals surface area contributed by atoms with E-state index in [1.807, 2.05) is 0 Å². The van der Waals surface area contributed by atoms with Gasteiger partial charge in [-0.1, -0.05) is 28.9 Å². The van der Waals surface area contributed by atoms with Gasteiger partial charge in [-0.25, -0.2) is 9.18 Å². The number of amides is 1. The molecule has 0 fully saturated rings. The summed E-state index contributed by atoms with van der Waals surface area (Å²) in [6.45, 7) is -0.553. The predicted octanol–water partition coefficient (Wildman–Crippen LogP) is 3.17. The Morgan fingerprint density at radius 1 is 1.23 bits per heavy atom. The Balaban J connectivity index is 1.54. The Morgan fingerprint density at radius 2 is 2.00 bits per heavy atom. The molecule has 30 heavy (non-hydrogen) atoms. The molecule has 158 valence electrons. The van der Waals surface area contributed by atoms with Crippen molar-refractivity contribution in [2.45, 2.75) is 12.5 Å².